The first-order valence-electron chi connectivity index (χ1n) is 7.60. The third kappa shape index (κ3) is 4.47. The topological polar surface area (TPSA) is 51.4 Å². The van der Waals surface area contributed by atoms with Crippen LogP contribution in [0, 0.1) is 0 Å². The first kappa shape index (κ1) is 16.3. The Bertz CT molecular complexity index is 761. The van der Waals surface area contributed by atoms with Gasteiger partial charge in [-0.1, -0.05) is 29.8 Å². The van der Waals surface area contributed by atoms with E-state index >= 15 is 0 Å². The zero-order valence-electron chi connectivity index (χ0n) is 13.1. The molecule has 0 radical (unpaired) electrons. The predicted molar refractivity (Wildman–Crippen MR) is 96.8 cm³/mol. The van der Waals surface area contributed by atoms with Crippen LogP contribution in [0.5, 0.6) is 5.75 Å². The molecule has 4 nitrogen and oxygen atoms in total. The smallest absolute Gasteiger partial charge is 0.130 e. The molecule has 3 aromatic rings. The number of hydrazine groups is 1. The minimum Gasteiger partial charge on any atom is -0.487 e. The Labute approximate surface area is 146 Å². The summed E-state index contributed by atoms with van der Waals surface area (Å²) in [5.74, 6) is 6.91. The van der Waals surface area contributed by atoms with E-state index in [0.717, 1.165) is 27.7 Å². The molecule has 0 bridgehead atoms. The molecule has 1 aromatic heterocycles. The Morgan fingerprint density at radius 3 is 2.38 bits per heavy atom. The molecule has 0 aliphatic heterocycles. The van der Waals surface area contributed by atoms with Crippen molar-refractivity contribution in [2.75, 3.05) is 5.01 Å². The summed E-state index contributed by atoms with van der Waals surface area (Å²) < 4.78 is 5.72. The number of anilines is 1. The zero-order valence-corrected chi connectivity index (χ0v) is 13.9. The molecule has 3 rings (SSSR count). The molecular weight excluding hydrogens is 322 g/mol. The summed E-state index contributed by atoms with van der Waals surface area (Å²) in [6.45, 7) is 1.04. The van der Waals surface area contributed by atoms with Gasteiger partial charge in [0, 0.05) is 11.2 Å². The molecule has 0 aliphatic carbocycles. The van der Waals surface area contributed by atoms with Gasteiger partial charge in [-0.25, -0.2) is 5.84 Å². The third-order valence-electron chi connectivity index (χ3n) is 3.55. The summed E-state index contributed by atoms with van der Waals surface area (Å²) in [5.41, 5.74) is 2.90. The highest BCUT2D eigenvalue weighted by Gasteiger charge is 2.04. The third-order valence-corrected chi connectivity index (χ3v) is 3.80. The lowest BCUT2D eigenvalue weighted by Crippen LogP contribution is -2.29. The van der Waals surface area contributed by atoms with Gasteiger partial charge in [0.2, 0.25) is 0 Å². The van der Waals surface area contributed by atoms with E-state index in [9.17, 15) is 0 Å². The van der Waals surface area contributed by atoms with Gasteiger partial charge >= 0.3 is 0 Å². The maximum Gasteiger partial charge on any atom is 0.130 e. The molecule has 0 amide bonds. The molecule has 0 spiro atoms. The van der Waals surface area contributed by atoms with E-state index in [4.69, 9.17) is 22.2 Å². The van der Waals surface area contributed by atoms with Crippen LogP contribution in [-0.2, 0) is 13.2 Å². The van der Waals surface area contributed by atoms with Crippen molar-refractivity contribution >= 4 is 17.3 Å². The molecular formula is C19H18ClN3O. The second-order valence-corrected chi connectivity index (χ2v) is 5.79. The fourth-order valence-electron chi connectivity index (χ4n) is 2.25. The Balaban J connectivity index is 1.58. The number of aromatic nitrogens is 1. The second-order valence-electron chi connectivity index (χ2n) is 5.36. The van der Waals surface area contributed by atoms with Crippen LogP contribution in [0.3, 0.4) is 0 Å². The molecule has 0 saturated carbocycles. The monoisotopic (exact) mass is 339 g/mol. The molecule has 1 heterocycles. The average Bonchev–Trinajstić information content (AvgIpc) is 2.63. The number of nitrogens with zero attached hydrogens (tertiary/aromatic N) is 2. The summed E-state index contributed by atoms with van der Waals surface area (Å²) in [5, 5.41) is 2.41. The Kier molecular flexibility index (Phi) is 5.31. The summed E-state index contributed by atoms with van der Waals surface area (Å²) >= 11 is 5.89. The van der Waals surface area contributed by atoms with Gasteiger partial charge in [-0.2, -0.15) is 0 Å². The van der Waals surface area contributed by atoms with Crippen molar-refractivity contribution in [1.29, 1.82) is 0 Å². The maximum absolute atomic E-state index is 6.13. The molecule has 0 saturated heterocycles. The standard InChI is InChI=1S/C19H18ClN3O/c20-16-6-4-15(5-7-16)13-23(21)18-8-10-19(11-9-18)24-14-17-3-1-2-12-22-17/h1-12H,13-14,21H2. The van der Waals surface area contributed by atoms with Crippen LogP contribution in [0.15, 0.2) is 72.9 Å². The molecule has 2 aromatic carbocycles. The SMILES string of the molecule is NN(Cc1ccc(Cl)cc1)c1ccc(OCc2ccccn2)cc1. The molecule has 0 aliphatic rings. The second kappa shape index (κ2) is 7.81. The van der Waals surface area contributed by atoms with Gasteiger partial charge in [-0.3, -0.25) is 4.98 Å². The average molecular weight is 340 g/mol. The number of pyridine rings is 1. The largest absolute Gasteiger partial charge is 0.487 e. The minimum atomic E-state index is 0.442. The fourth-order valence-corrected chi connectivity index (χ4v) is 2.38. The van der Waals surface area contributed by atoms with Gasteiger partial charge in [0.15, 0.2) is 0 Å². The first-order chi connectivity index (χ1) is 11.7. The summed E-state index contributed by atoms with van der Waals surface area (Å²) in [4.78, 5) is 4.23. The number of benzene rings is 2. The van der Waals surface area contributed by atoms with Crippen molar-refractivity contribution in [3.63, 3.8) is 0 Å². The van der Waals surface area contributed by atoms with E-state index in [0.29, 0.717) is 13.2 Å². The highest BCUT2D eigenvalue weighted by atomic mass is 35.5. The van der Waals surface area contributed by atoms with Crippen LogP contribution >= 0.6 is 11.6 Å². The van der Waals surface area contributed by atoms with Crippen LogP contribution in [0.2, 0.25) is 5.02 Å². The summed E-state index contributed by atoms with van der Waals surface area (Å²) in [6, 6.07) is 21.1. The van der Waals surface area contributed by atoms with E-state index in [-0.39, 0.29) is 0 Å². The lowest BCUT2D eigenvalue weighted by atomic mass is 10.2. The van der Waals surface area contributed by atoms with Gasteiger partial charge < -0.3 is 9.75 Å². The normalized spacial score (nSPS) is 10.4. The van der Waals surface area contributed by atoms with E-state index in [1.807, 2.05) is 66.7 Å². The molecule has 0 fully saturated rings. The van der Waals surface area contributed by atoms with Crippen molar-refractivity contribution in [3.8, 4) is 5.75 Å². The van der Waals surface area contributed by atoms with E-state index < -0.39 is 0 Å². The van der Waals surface area contributed by atoms with Crippen molar-refractivity contribution in [1.82, 2.24) is 4.98 Å². The summed E-state index contributed by atoms with van der Waals surface area (Å²) in [7, 11) is 0. The number of nitrogens with two attached hydrogens (primary N) is 1. The van der Waals surface area contributed by atoms with Crippen molar-refractivity contribution in [3.05, 3.63) is 89.2 Å². The Hall–Kier alpha value is -2.56. The number of hydrogen-bond acceptors (Lipinski definition) is 4. The quantitative estimate of drug-likeness (QED) is 0.540. The van der Waals surface area contributed by atoms with Crippen LogP contribution in [0.25, 0.3) is 0 Å². The highest BCUT2D eigenvalue weighted by molar-refractivity contribution is 6.30. The van der Waals surface area contributed by atoms with Gasteiger partial charge in [0.25, 0.3) is 0 Å². The summed E-state index contributed by atoms with van der Waals surface area (Å²) in [6.07, 6.45) is 1.75. The molecule has 2 N–H and O–H groups in total. The lowest BCUT2D eigenvalue weighted by Gasteiger charge is -2.19. The minimum absolute atomic E-state index is 0.442. The number of rotatable bonds is 6. The number of halogens is 1. The fraction of sp³-hybridized carbons (Fsp3) is 0.105. The van der Waals surface area contributed by atoms with Crippen LogP contribution in [0.1, 0.15) is 11.3 Å². The molecule has 122 valence electrons. The van der Waals surface area contributed by atoms with E-state index in [2.05, 4.69) is 4.98 Å². The molecule has 0 unspecified atom stereocenters. The van der Waals surface area contributed by atoms with Crippen molar-refractivity contribution < 1.29 is 4.74 Å². The van der Waals surface area contributed by atoms with Crippen LogP contribution < -0.4 is 15.6 Å². The highest BCUT2D eigenvalue weighted by Crippen LogP contribution is 2.20. The zero-order chi connectivity index (χ0) is 16.8. The lowest BCUT2D eigenvalue weighted by molar-refractivity contribution is 0.301. The maximum atomic E-state index is 6.13. The first-order valence-corrected chi connectivity index (χ1v) is 7.98. The van der Waals surface area contributed by atoms with E-state index in [1.165, 1.54) is 0 Å². The number of hydrogen-bond donors (Lipinski definition) is 1. The molecule has 0 atom stereocenters. The predicted octanol–water partition coefficient (Wildman–Crippen LogP) is 4.19. The van der Waals surface area contributed by atoms with E-state index in [1.54, 1.807) is 11.2 Å². The van der Waals surface area contributed by atoms with Crippen molar-refractivity contribution in [2.24, 2.45) is 5.84 Å². The van der Waals surface area contributed by atoms with Crippen LogP contribution in [-0.4, -0.2) is 4.98 Å². The number of ether oxygens (including phenoxy) is 1. The van der Waals surface area contributed by atoms with Crippen LogP contribution in [0.4, 0.5) is 5.69 Å². The Morgan fingerprint density at radius 2 is 1.71 bits per heavy atom. The van der Waals surface area contributed by atoms with Crippen molar-refractivity contribution in [2.45, 2.75) is 13.2 Å². The van der Waals surface area contributed by atoms with Gasteiger partial charge in [0.05, 0.1) is 17.9 Å². The van der Waals surface area contributed by atoms with Gasteiger partial charge in [-0.15, -0.1) is 0 Å². The molecule has 24 heavy (non-hydrogen) atoms. The van der Waals surface area contributed by atoms with Gasteiger partial charge in [-0.05, 0) is 54.1 Å². The van der Waals surface area contributed by atoms with Gasteiger partial charge in [0.1, 0.15) is 12.4 Å². The molecule has 5 heteroatoms. The Morgan fingerprint density at radius 1 is 0.958 bits per heavy atom.